The molecule has 56 heavy (non-hydrogen) atoms. The summed E-state index contributed by atoms with van der Waals surface area (Å²) < 4.78 is 9.76. The minimum absolute atomic E-state index is 0.0244. The van der Waals surface area contributed by atoms with Crippen LogP contribution in [0.1, 0.15) is 41.5 Å². The van der Waals surface area contributed by atoms with Crippen LogP contribution in [0.5, 0.6) is 0 Å². The van der Waals surface area contributed by atoms with Gasteiger partial charge < -0.3 is 29.6 Å². The molecule has 0 unspecified atom stereocenters. The van der Waals surface area contributed by atoms with Gasteiger partial charge in [-0.25, -0.2) is 6.57 Å². The van der Waals surface area contributed by atoms with Gasteiger partial charge in [0.15, 0.2) is 0 Å². The molecule has 3 N–H and O–H groups in total. The van der Waals surface area contributed by atoms with E-state index >= 15 is 0 Å². The number of carboxylic acids is 1. The van der Waals surface area contributed by atoms with Crippen LogP contribution in [0.3, 0.4) is 0 Å². The highest BCUT2D eigenvalue weighted by Gasteiger charge is 2.67. The Labute approximate surface area is 357 Å². The minimum atomic E-state index is -0.831. The quantitative estimate of drug-likeness (QED) is 0.0525. The number of hydrogen-bond donors (Lipinski definition) is 3. The van der Waals surface area contributed by atoms with Crippen LogP contribution in [0.2, 0.25) is 0 Å². The van der Waals surface area contributed by atoms with Crippen LogP contribution in [-0.4, -0.2) is 65.7 Å². The number of aliphatic hydroxyl groups is 2. The topological polar surface area (TPSA) is 145 Å². The van der Waals surface area contributed by atoms with E-state index < -0.39 is 16.9 Å². The van der Waals surface area contributed by atoms with E-state index in [0.29, 0.717) is 37.4 Å². The number of cyclic esters (lactones) is 1. The zero-order valence-electron chi connectivity index (χ0n) is 30.7. The lowest BCUT2D eigenvalue weighted by molar-refractivity contribution is -0.142. The number of ether oxygens (including phenoxy) is 2. The van der Waals surface area contributed by atoms with Crippen molar-refractivity contribution >= 4 is 60.8 Å². The number of hydrogen-bond acceptors (Lipinski definition) is 7. The van der Waals surface area contributed by atoms with Gasteiger partial charge in [-0.3, -0.25) is 9.59 Å². The molecule has 0 spiro atoms. The van der Waals surface area contributed by atoms with Gasteiger partial charge in [0, 0.05) is 67.7 Å². The molecule has 4 aromatic rings. The average Bonchev–Trinajstić information content (AvgIpc) is 4.10. The van der Waals surface area contributed by atoms with Gasteiger partial charge in [-0.05, 0) is 29.5 Å². The van der Waals surface area contributed by atoms with E-state index in [0.717, 1.165) is 41.7 Å². The summed E-state index contributed by atoms with van der Waals surface area (Å²) in [7, 11) is 0. The largest absolute Gasteiger partial charge is 0.481 e. The third-order valence-corrected chi connectivity index (χ3v) is 11.0. The standard InChI is InChI=1S/C11H11NO.C11H12O3.C11H10O2.C8H7N.C3H5ClO.I2/c1-12-11(7-10(11)8-13)9-5-3-2-4-6-9;12-7-9-6-11(9,10(13)14)8-4-2-1-3-5-8;12-10-11(6-9(11)7-13-10)8-4-2-1-3-5-8;9-7-6-8-4-2-1-3-5-8;4-1-3-2-5-3;1-2/h2-6,10,13H,7-8H2;1-5,9,12H,6-7H2,(H,13,14);1-5,9H,6-7H2;1-5H,6H2;3H,1-2H2;/t10-,11+;2*9-,11+;;3-;/m000.0./s1. The van der Waals surface area contributed by atoms with Gasteiger partial charge in [-0.15, -0.1) is 11.6 Å². The number of aliphatic carboxylic acids is 1. The lowest BCUT2D eigenvalue weighted by Crippen LogP contribution is -2.23. The van der Waals surface area contributed by atoms with E-state index in [2.05, 4.69) is 48.1 Å². The van der Waals surface area contributed by atoms with Crippen LogP contribution in [0.4, 0.5) is 0 Å². The number of benzene rings is 4. The van der Waals surface area contributed by atoms with Gasteiger partial charge in [0.25, 0.3) is 5.54 Å². The Balaban J connectivity index is 0.000000158. The first-order valence-corrected chi connectivity index (χ1v) is 25.0. The summed E-state index contributed by atoms with van der Waals surface area (Å²) in [6, 6.07) is 40.6. The SMILES string of the molecule is ClC[C@H]1CO1.II.N#CCc1ccccc1.O=C(O)[C@@]1(c2ccccc2)C[C@H]1CO.O=C1OC[C@@H]2C[C@]12c1ccccc1.[C-]#[N+][C@@]1(c2ccccc2)C[C@H]1CO. The number of carboxylic acid groups (broad SMARTS) is 1. The number of epoxide rings is 1. The lowest BCUT2D eigenvalue weighted by atomic mass is 9.93. The van der Waals surface area contributed by atoms with Crippen molar-refractivity contribution < 1.29 is 34.4 Å². The summed E-state index contributed by atoms with van der Waals surface area (Å²) in [6.45, 7) is 8.72. The molecule has 7 atom stereocenters. The molecule has 2 aliphatic heterocycles. The fourth-order valence-electron chi connectivity index (χ4n) is 6.98. The summed E-state index contributed by atoms with van der Waals surface area (Å²) in [5.41, 5.74) is 2.57. The molecule has 0 bridgehead atoms. The first-order valence-electron chi connectivity index (χ1n) is 18.2. The number of nitrogens with zero attached hydrogens (tertiary/aromatic N) is 2. The molecule has 2 saturated heterocycles. The molecule has 0 aromatic heterocycles. The highest BCUT2D eigenvalue weighted by molar-refractivity contribution is 15.0. The van der Waals surface area contributed by atoms with Gasteiger partial charge in [-0.2, -0.15) is 5.26 Å². The van der Waals surface area contributed by atoms with E-state index in [1.165, 1.54) is 0 Å². The van der Waals surface area contributed by atoms with Crippen molar-refractivity contribution in [1.82, 2.24) is 0 Å². The molecule has 2 heterocycles. The van der Waals surface area contributed by atoms with Crippen molar-refractivity contribution in [3.8, 4) is 6.07 Å². The van der Waals surface area contributed by atoms with Crippen molar-refractivity contribution in [2.24, 2.45) is 17.8 Å². The molecule has 5 fully saturated rings. The zero-order chi connectivity index (χ0) is 40.6. The minimum Gasteiger partial charge on any atom is -0.481 e. The third-order valence-electron chi connectivity index (χ3n) is 10.6. The maximum Gasteiger partial charge on any atom is 0.317 e. The van der Waals surface area contributed by atoms with E-state index in [1.54, 1.807) is 0 Å². The maximum atomic E-state index is 11.5. The number of carbonyl (C=O) groups excluding carboxylic acids is 1. The van der Waals surface area contributed by atoms with Crippen LogP contribution in [0.25, 0.3) is 4.85 Å². The molecule has 294 valence electrons. The smallest absolute Gasteiger partial charge is 0.317 e. The first-order chi connectivity index (χ1) is 27.2. The van der Waals surface area contributed by atoms with Crippen molar-refractivity contribution in [3.63, 3.8) is 0 Å². The average molecular weight is 1000 g/mol. The van der Waals surface area contributed by atoms with E-state index in [-0.39, 0.29) is 36.4 Å². The van der Waals surface area contributed by atoms with Gasteiger partial charge in [0.2, 0.25) is 0 Å². The number of esters is 1. The Morgan fingerprint density at radius 1 is 0.804 bits per heavy atom. The van der Waals surface area contributed by atoms with Crippen LogP contribution in [-0.2, 0) is 41.9 Å². The summed E-state index contributed by atoms with van der Waals surface area (Å²) in [6.07, 6.45) is 3.24. The number of rotatable bonds is 8. The van der Waals surface area contributed by atoms with Crippen LogP contribution < -0.4 is 0 Å². The van der Waals surface area contributed by atoms with E-state index in [4.69, 9.17) is 48.2 Å². The predicted molar refractivity (Wildman–Crippen MR) is 232 cm³/mol. The molecule has 3 saturated carbocycles. The van der Waals surface area contributed by atoms with Crippen LogP contribution in [0, 0.1) is 35.7 Å². The van der Waals surface area contributed by atoms with Crippen LogP contribution in [0.15, 0.2) is 121 Å². The third kappa shape index (κ3) is 11.1. The molecule has 3 aliphatic carbocycles. The van der Waals surface area contributed by atoms with Gasteiger partial charge in [-0.1, -0.05) is 121 Å². The van der Waals surface area contributed by atoms with Gasteiger partial charge >= 0.3 is 11.9 Å². The summed E-state index contributed by atoms with van der Waals surface area (Å²) in [5.74, 6) is 0.281. The molecule has 9 rings (SSSR count). The molecule has 5 aliphatic rings. The fraction of sp³-hybridized carbons (Fsp3) is 0.364. The van der Waals surface area contributed by atoms with Gasteiger partial charge in [0.1, 0.15) is 0 Å². The Kier molecular flexibility index (Phi) is 17.6. The van der Waals surface area contributed by atoms with Crippen molar-refractivity contribution in [2.75, 3.05) is 32.3 Å². The lowest BCUT2D eigenvalue weighted by Gasteiger charge is -2.11. The zero-order valence-corrected chi connectivity index (χ0v) is 35.8. The molecular formula is C44H45ClI2N2O7. The Morgan fingerprint density at radius 3 is 1.64 bits per heavy atom. The Morgan fingerprint density at radius 2 is 1.30 bits per heavy atom. The summed E-state index contributed by atoms with van der Waals surface area (Å²) in [5, 5.41) is 35.4. The second kappa shape index (κ2) is 21.8. The monoisotopic (exact) mass is 1000 g/mol. The molecule has 12 heteroatoms. The van der Waals surface area contributed by atoms with Crippen molar-refractivity contribution in [2.45, 2.75) is 48.2 Å². The number of halogens is 3. The molecule has 0 radical (unpaired) electrons. The summed E-state index contributed by atoms with van der Waals surface area (Å²) in [4.78, 5) is 26.3. The second-order valence-electron chi connectivity index (χ2n) is 14.0. The Bertz CT molecular complexity index is 1910. The van der Waals surface area contributed by atoms with Crippen molar-refractivity contribution in [3.05, 3.63) is 155 Å². The molecule has 4 aromatic carbocycles. The number of carbonyl (C=O) groups is 2. The fourth-order valence-corrected chi connectivity index (χ4v) is 7.15. The number of alkyl halides is 1. The molecular weight excluding hydrogens is 958 g/mol. The maximum absolute atomic E-state index is 11.5. The second-order valence-corrected chi connectivity index (χ2v) is 14.3. The molecule has 9 nitrogen and oxygen atoms in total. The Hall–Kier alpha value is -3.57. The normalized spacial score (nSPS) is 27.4. The highest BCUT2D eigenvalue weighted by atomic mass is 128. The summed E-state index contributed by atoms with van der Waals surface area (Å²) >= 11 is 9.51. The van der Waals surface area contributed by atoms with Crippen molar-refractivity contribution in [1.29, 1.82) is 5.26 Å². The van der Waals surface area contributed by atoms with Gasteiger partial charge in [0.05, 0.1) is 61.0 Å². The van der Waals surface area contributed by atoms with Crippen LogP contribution >= 0.6 is 48.8 Å². The first kappa shape index (κ1) is 45.1. The predicted octanol–water partition coefficient (Wildman–Crippen LogP) is 8.48. The van der Waals surface area contributed by atoms with E-state index in [1.807, 2.05) is 121 Å². The number of fused-ring (bicyclic) bond motifs is 1. The number of aliphatic hydroxyl groups excluding tert-OH is 2. The molecule has 0 amide bonds. The number of nitriles is 1. The highest BCUT2D eigenvalue weighted by Crippen LogP contribution is 2.59. The van der Waals surface area contributed by atoms with E-state index in [9.17, 15) is 9.59 Å².